The zero-order chi connectivity index (χ0) is 25.2. The normalized spacial score (nSPS) is 20.2. The summed E-state index contributed by atoms with van der Waals surface area (Å²) in [6, 6.07) is 20.6. The van der Waals surface area contributed by atoms with Gasteiger partial charge in [0.05, 0.1) is 29.2 Å². The third kappa shape index (κ3) is 4.61. The fourth-order valence-corrected chi connectivity index (χ4v) is 5.55. The van der Waals surface area contributed by atoms with Crippen LogP contribution < -0.4 is 4.74 Å². The van der Waals surface area contributed by atoms with Crippen LogP contribution in [0.25, 0.3) is 11.1 Å². The van der Waals surface area contributed by atoms with E-state index in [9.17, 15) is 28.3 Å². The molecule has 0 aromatic heterocycles. The molecule has 178 valence electrons. The molecular formula is C25H20FN3O5S. The Balaban J connectivity index is 1.64. The van der Waals surface area contributed by atoms with Gasteiger partial charge >= 0.3 is 0 Å². The predicted molar refractivity (Wildman–Crippen MR) is 123 cm³/mol. The van der Waals surface area contributed by atoms with Crippen molar-refractivity contribution in [1.82, 2.24) is 4.31 Å². The molecule has 35 heavy (non-hydrogen) atoms. The van der Waals surface area contributed by atoms with Gasteiger partial charge in [-0.15, -0.1) is 0 Å². The number of nitrogens with zero attached hydrogens (tertiary/aromatic N) is 3. The van der Waals surface area contributed by atoms with Gasteiger partial charge in [-0.25, -0.2) is 12.8 Å². The van der Waals surface area contributed by atoms with Crippen molar-refractivity contribution in [2.24, 2.45) is 0 Å². The molecule has 0 radical (unpaired) electrons. The third-order valence-corrected chi connectivity index (χ3v) is 7.73. The minimum atomic E-state index is -4.26. The number of aliphatic hydroxyl groups excluding tert-OH is 1. The van der Waals surface area contributed by atoms with E-state index < -0.39 is 40.7 Å². The average Bonchev–Trinajstić information content (AvgIpc) is 3.21. The van der Waals surface area contributed by atoms with Gasteiger partial charge in [-0.2, -0.15) is 14.8 Å². The van der Waals surface area contributed by atoms with E-state index >= 15 is 0 Å². The van der Waals surface area contributed by atoms with E-state index in [1.165, 1.54) is 24.3 Å². The molecule has 0 bridgehead atoms. The molecule has 1 heterocycles. The molecule has 8 nitrogen and oxygen atoms in total. The molecule has 1 unspecified atom stereocenters. The molecule has 2 N–H and O–H groups in total. The minimum Gasteiger partial charge on any atom is -0.486 e. The average molecular weight is 494 g/mol. The molecule has 1 fully saturated rings. The van der Waals surface area contributed by atoms with E-state index in [0.29, 0.717) is 5.56 Å². The highest BCUT2D eigenvalue weighted by atomic mass is 32.2. The molecular weight excluding hydrogens is 473 g/mol. The molecule has 0 aliphatic carbocycles. The first-order chi connectivity index (χ1) is 16.7. The topological polar surface area (TPSA) is 135 Å². The second-order valence-corrected chi connectivity index (χ2v) is 10.0. The first kappa shape index (κ1) is 24.3. The maximum Gasteiger partial charge on any atom is 0.244 e. The first-order valence-corrected chi connectivity index (χ1v) is 11.9. The summed E-state index contributed by atoms with van der Waals surface area (Å²) in [5, 5.41) is 39.2. The molecule has 10 heteroatoms. The molecule has 0 amide bonds. The number of rotatable bonds is 6. The van der Waals surface area contributed by atoms with E-state index in [2.05, 4.69) is 0 Å². The van der Waals surface area contributed by atoms with E-state index in [4.69, 9.17) is 10.00 Å². The molecule has 1 aliphatic heterocycles. The number of halogens is 1. The van der Waals surface area contributed by atoms with Crippen molar-refractivity contribution < 1.29 is 27.8 Å². The van der Waals surface area contributed by atoms with Crippen LogP contribution in [0.1, 0.15) is 11.1 Å². The van der Waals surface area contributed by atoms with Crippen molar-refractivity contribution in [1.29, 1.82) is 10.5 Å². The van der Waals surface area contributed by atoms with E-state index in [1.54, 1.807) is 12.1 Å². The van der Waals surface area contributed by atoms with Crippen LogP contribution in [0.5, 0.6) is 5.75 Å². The van der Waals surface area contributed by atoms with Crippen LogP contribution in [0.3, 0.4) is 0 Å². The van der Waals surface area contributed by atoms with Crippen molar-refractivity contribution in [3.05, 3.63) is 83.7 Å². The lowest BCUT2D eigenvalue weighted by Gasteiger charge is -2.27. The maximum atomic E-state index is 14.0. The lowest BCUT2D eigenvalue weighted by atomic mass is 10.0. The fraction of sp³-hybridized carbons (Fsp3) is 0.200. The van der Waals surface area contributed by atoms with E-state index in [0.717, 1.165) is 15.9 Å². The van der Waals surface area contributed by atoms with Crippen LogP contribution in [0, 0.1) is 28.5 Å². The summed E-state index contributed by atoms with van der Waals surface area (Å²) < 4.78 is 47.4. The van der Waals surface area contributed by atoms with E-state index in [-0.39, 0.29) is 28.3 Å². The Hall–Kier alpha value is -3.80. The third-order valence-electron chi connectivity index (χ3n) is 5.86. The molecule has 1 saturated heterocycles. The van der Waals surface area contributed by atoms with Crippen molar-refractivity contribution in [3.63, 3.8) is 0 Å². The lowest BCUT2D eigenvalue weighted by molar-refractivity contribution is -0.0641. The number of ether oxygens (including phenoxy) is 1. The summed E-state index contributed by atoms with van der Waals surface area (Å²) in [5.41, 5.74) is -0.773. The summed E-state index contributed by atoms with van der Waals surface area (Å²) >= 11 is 0. The smallest absolute Gasteiger partial charge is 0.244 e. The molecule has 4 rings (SSSR count). The number of β-amino-alcohol motifs (C(OH)–C–C–N with tert-alkyl or cyclic N) is 1. The molecule has 1 aliphatic rings. The zero-order valence-electron chi connectivity index (χ0n) is 18.3. The Morgan fingerprint density at radius 3 is 2.37 bits per heavy atom. The largest absolute Gasteiger partial charge is 0.486 e. The SMILES string of the molecule is N#Cc1ccc(OC2CN(S(=O)(=O)c3ccc(-c4ccccc4)cc3C#N)C[C@@]2(O)CO)cc1F. The van der Waals surface area contributed by atoms with Crippen molar-refractivity contribution >= 4 is 10.0 Å². The summed E-state index contributed by atoms with van der Waals surface area (Å²) in [4.78, 5) is -0.245. The first-order valence-electron chi connectivity index (χ1n) is 10.5. The van der Waals surface area contributed by atoms with Crippen LogP contribution in [0.2, 0.25) is 0 Å². The van der Waals surface area contributed by atoms with Crippen molar-refractivity contribution in [2.75, 3.05) is 19.7 Å². The Kier molecular flexibility index (Phi) is 6.57. The second-order valence-electron chi connectivity index (χ2n) is 8.11. The Labute approximate surface area is 201 Å². The summed E-state index contributed by atoms with van der Waals surface area (Å²) in [7, 11) is -4.26. The second kappa shape index (κ2) is 9.45. The quantitative estimate of drug-likeness (QED) is 0.538. The van der Waals surface area contributed by atoms with E-state index in [1.807, 2.05) is 36.4 Å². The predicted octanol–water partition coefficient (Wildman–Crippen LogP) is 2.41. The van der Waals surface area contributed by atoms with Gasteiger partial charge in [0.15, 0.2) is 0 Å². The summed E-state index contributed by atoms with van der Waals surface area (Å²) in [6.45, 7) is -1.67. The molecule has 3 aromatic rings. The molecule has 0 saturated carbocycles. The highest BCUT2D eigenvalue weighted by molar-refractivity contribution is 7.89. The highest BCUT2D eigenvalue weighted by Crippen LogP contribution is 2.33. The standard InChI is InChI=1S/C25H20FN3O5S/c26-22-11-21(8-6-19(22)12-27)34-24-14-29(15-25(24,31)16-30)35(32,33)23-9-7-18(10-20(23)13-28)17-4-2-1-3-5-17/h1-11,24,30-31H,14-16H2/t24?,25-/m1/s1. The number of hydrogen-bond donors (Lipinski definition) is 2. The van der Waals surface area contributed by atoms with Gasteiger partial charge < -0.3 is 14.9 Å². The van der Waals surface area contributed by atoms with Gasteiger partial charge in [0.25, 0.3) is 0 Å². The van der Waals surface area contributed by atoms with Gasteiger partial charge in [-0.3, -0.25) is 0 Å². The van der Waals surface area contributed by atoms with Gasteiger partial charge in [0, 0.05) is 12.6 Å². The van der Waals surface area contributed by atoms with Crippen molar-refractivity contribution in [3.8, 4) is 29.0 Å². The number of aliphatic hydroxyl groups is 2. The minimum absolute atomic E-state index is 0.0393. The fourth-order valence-electron chi connectivity index (χ4n) is 3.92. The monoisotopic (exact) mass is 493 g/mol. The highest BCUT2D eigenvalue weighted by Gasteiger charge is 2.51. The maximum absolute atomic E-state index is 14.0. The van der Waals surface area contributed by atoms with Gasteiger partial charge in [-0.1, -0.05) is 36.4 Å². The van der Waals surface area contributed by atoms with Crippen LogP contribution in [-0.4, -0.2) is 54.3 Å². The Morgan fingerprint density at radius 1 is 1.03 bits per heavy atom. The summed E-state index contributed by atoms with van der Waals surface area (Å²) in [6.07, 6.45) is -1.23. The van der Waals surface area contributed by atoms with Gasteiger partial charge in [0.2, 0.25) is 10.0 Å². The summed E-state index contributed by atoms with van der Waals surface area (Å²) in [5.74, 6) is -0.875. The number of nitriles is 2. The molecule has 2 atom stereocenters. The van der Waals surface area contributed by atoms with Crippen LogP contribution >= 0.6 is 0 Å². The van der Waals surface area contributed by atoms with Gasteiger partial charge in [-0.05, 0) is 35.4 Å². The van der Waals surface area contributed by atoms with Crippen LogP contribution in [-0.2, 0) is 10.0 Å². The molecule has 3 aromatic carbocycles. The van der Waals surface area contributed by atoms with Crippen LogP contribution in [0.4, 0.5) is 4.39 Å². The Bertz CT molecular complexity index is 1450. The Morgan fingerprint density at radius 2 is 1.74 bits per heavy atom. The van der Waals surface area contributed by atoms with Crippen LogP contribution in [0.15, 0.2) is 71.6 Å². The van der Waals surface area contributed by atoms with Crippen molar-refractivity contribution in [2.45, 2.75) is 16.6 Å². The number of hydrogen-bond acceptors (Lipinski definition) is 7. The molecule has 0 spiro atoms. The number of benzene rings is 3. The zero-order valence-corrected chi connectivity index (χ0v) is 19.1. The lowest BCUT2D eigenvalue weighted by Crippen LogP contribution is -2.48. The van der Waals surface area contributed by atoms with Gasteiger partial charge in [0.1, 0.15) is 35.4 Å². The number of sulfonamides is 1.